The molecule has 22 heavy (non-hydrogen) atoms. The Bertz CT molecular complexity index is 658. The van der Waals surface area contributed by atoms with Gasteiger partial charge in [0.05, 0.1) is 6.54 Å². The van der Waals surface area contributed by atoms with Crippen LogP contribution in [0.25, 0.3) is 10.8 Å². The van der Waals surface area contributed by atoms with E-state index in [1.54, 1.807) is 6.20 Å². The number of amides is 1. The van der Waals surface area contributed by atoms with E-state index in [9.17, 15) is 4.79 Å². The van der Waals surface area contributed by atoms with E-state index in [4.69, 9.17) is 0 Å². The molecule has 5 heteroatoms. The van der Waals surface area contributed by atoms with Crippen molar-refractivity contribution in [2.45, 2.75) is 6.42 Å². The number of benzene rings is 1. The third kappa shape index (κ3) is 3.81. The number of aromatic nitrogens is 1. The van der Waals surface area contributed by atoms with Crippen molar-refractivity contribution in [2.75, 3.05) is 45.1 Å². The van der Waals surface area contributed by atoms with Crippen LogP contribution in [0.5, 0.6) is 0 Å². The number of nitrogens with zero attached hydrogens (tertiary/aromatic N) is 3. The highest BCUT2D eigenvalue weighted by Crippen LogP contribution is 2.17. The lowest BCUT2D eigenvalue weighted by Crippen LogP contribution is -2.35. The zero-order valence-corrected chi connectivity index (χ0v) is 13.0. The molecule has 2 aromatic rings. The summed E-state index contributed by atoms with van der Waals surface area (Å²) in [5.41, 5.74) is 0.843. The molecular weight excluding hydrogens is 276 g/mol. The summed E-state index contributed by atoms with van der Waals surface area (Å²) < 4.78 is 0. The van der Waals surface area contributed by atoms with Crippen LogP contribution in [-0.4, -0.2) is 60.5 Å². The summed E-state index contributed by atoms with van der Waals surface area (Å²) >= 11 is 0. The number of rotatable bonds is 3. The van der Waals surface area contributed by atoms with Gasteiger partial charge in [-0.05, 0) is 50.1 Å². The van der Waals surface area contributed by atoms with Crippen molar-refractivity contribution in [1.29, 1.82) is 0 Å². The first-order valence-corrected chi connectivity index (χ1v) is 7.75. The summed E-state index contributed by atoms with van der Waals surface area (Å²) in [5.74, 6) is 0.0537. The zero-order valence-electron chi connectivity index (χ0n) is 13.0. The number of hydrogen-bond acceptors (Lipinski definition) is 4. The number of carbonyl (C=O) groups excluding carboxylic acids is 1. The number of nitrogens with one attached hydrogen (secondary N) is 1. The first-order chi connectivity index (χ1) is 10.7. The molecule has 0 spiro atoms. The molecule has 3 rings (SSSR count). The molecular formula is C17H22N4O. The Kier molecular flexibility index (Phi) is 4.65. The van der Waals surface area contributed by atoms with Gasteiger partial charge in [-0.15, -0.1) is 0 Å². The van der Waals surface area contributed by atoms with Crippen LogP contribution in [0.2, 0.25) is 0 Å². The molecule has 0 aliphatic carbocycles. The molecule has 2 heterocycles. The molecule has 116 valence electrons. The van der Waals surface area contributed by atoms with Gasteiger partial charge in [-0.25, -0.2) is 0 Å². The van der Waals surface area contributed by atoms with Crippen LogP contribution < -0.4 is 5.32 Å². The van der Waals surface area contributed by atoms with Crippen LogP contribution in [0.4, 0.5) is 5.69 Å². The molecule has 1 aliphatic heterocycles. The van der Waals surface area contributed by atoms with E-state index in [2.05, 4.69) is 27.1 Å². The van der Waals surface area contributed by atoms with Crippen molar-refractivity contribution in [3.8, 4) is 0 Å². The smallest absolute Gasteiger partial charge is 0.238 e. The maximum Gasteiger partial charge on any atom is 0.238 e. The van der Waals surface area contributed by atoms with E-state index >= 15 is 0 Å². The Hall–Kier alpha value is -1.98. The SMILES string of the molecule is CN1CCCN(CC(=O)Nc2ccc3cnccc3c2)CC1. The zero-order chi connectivity index (χ0) is 15.4. The topological polar surface area (TPSA) is 48.5 Å². The van der Waals surface area contributed by atoms with Gasteiger partial charge in [0, 0.05) is 36.6 Å². The molecule has 1 amide bonds. The maximum atomic E-state index is 12.2. The van der Waals surface area contributed by atoms with Crippen LogP contribution in [0.3, 0.4) is 0 Å². The number of carbonyl (C=O) groups is 1. The average Bonchev–Trinajstić information content (AvgIpc) is 2.72. The summed E-state index contributed by atoms with van der Waals surface area (Å²) in [7, 11) is 2.13. The largest absolute Gasteiger partial charge is 0.325 e. The predicted octanol–water partition coefficient (Wildman–Crippen LogP) is 1.81. The molecule has 1 aromatic heterocycles. The molecule has 1 aromatic carbocycles. The monoisotopic (exact) mass is 298 g/mol. The molecule has 0 radical (unpaired) electrons. The van der Waals surface area contributed by atoms with Gasteiger partial charge in [-0.1, -0.05) is 6.07 Å². The van der Waals surface area contributed by atoms with Gasteiger partial charge < -0.3 is 10.2 Å². The number of pyridine rings is 1. The van der Waals surface area contributed by atoms with Crippen LogP contribution in [0.15, 0.2) is 36.7 Å². The van der Waals surface area contributed by atoms with Gasteiger partial charge in [-0.2, -0.15) is 0 Å². The number of hydrogen-bond donors (Lipinski definition) is 1. The minimum atomic E-state index is 0.0537. The van der Waals surface area contributed by atoms with E-state index in [-0.39, 0.29) is 5.91 Å². The fourth-order valence-corrected chi connectivity index (χ4v) is 2.82. The summed E-state index contributed by atoms with van der Waals surface area (Å²) in [5, 5.41) is 5.17. The van der Waals surface area contributed by atoms with E-state index in [0.717, 1.165) is 49.1 Å². The van der Waals surface area contributed by atoms with Gasteiger partial charge in [0.1, 0.15) is 0 Å². The molecule has 5 nitrogen and oxygen atoms in total. The lowest BCUT2D eigenvalue weighted by Gasteiger charge is -2.19. The van der Waals surface area contributed by atoms with E-state index in [1.165, 1.54) is 0 Å². The lowest BCUT2D eigenvalue weighted by atomic mass is 10.1. The van der Waals surface area contributed by atoms with E-state index in [1.807, 2.05) is 30.5 Å². The molecule has 0 saturated carbocycles. The first-order valence-electron chi connectivity index (χ1n) is 7.75. The van der Waals surface area contributed by atoms with Crippen molar-refractivity contribution in [3.63, 3.8) is 0 Å². The Labute approximate surface area is 130 Å². The molecule has 0 unspecified atom stereocenters. The van der Waals surface area contributed by atoms with E-state index in [0.29, 0.717) is 6.54 Å². The average molecular weight is 298 g/mol. The normalized spacial score (nSPS) is 17.3. The first kappa shape index (κ1) is 14.9. The Balaban J connectivity index is 1.60. The maximum absolute atomic E-state index is 12.2. The van der Waals surface area contributed by atoms with Gasteiger partial charge in [0.2, 0.25) is 5.91 Å². The van der Waals surface area contributed by atoms with Crippen LogP contribution in [0.1, 0.15) is 6.42 Å². The number of fused-ring (bicyclic) bond motifs is 1. The van der Waals surface area contributed by atoms with Gasteiger partial charge in [0.15, 0.2) is 0 Å². The predicted molar refractivity (Wildman–Crippen MR) is 88.9 cm³/mol. The third-order valence-electron chi connectivity index (χ3n) is 4.10. The molecule has 1 saturated heterocycles. The second kappa shape index (κ2) is 6.85. The molecule has 1 aliphatic rings. The van der Waals surface area contributed by atoms with E-state index < -0.39 is 0 Å². The number of likely N-dealkylation sites (N-methyl/N-ethyl adjacent to an activating group) is 1. The van der Waals surface area contributed by atoms with Crippen LogP contribution in [-0.2, 0) is 4.79 Å². The highest BCUT2D eigenvalue weighted by atomic mass is 16.2. The molecule has 0 bridgehead atoms. The molecule has 1 fully saturated rings. The fraction of sp³-hybridized carbons (Fsp3) is 0.412. The number of anilines is 1. The van der Waals surface area contributed by atoms with Crippen molar-refractivity contribution in [2.24, 2.45) is 0 Å². The third-order valence-corrected chi connectivity index (χ3v) is 4.10. The molecule has 1 N–H and O–H groups in total. The Morgan fingerprint density at radius 2 is 2.09 bits per heavy atom. The summed E-state index contributed by atoms with van der Waals surface area (Å²) in [4.78, 5) is 20.9. The lowest BCUT2D eigenvalue weighted by molar-refractivity contribution is -0.117. The van der Waals surface area contributed by atoms with Crippen molar-refractivity contribution >= 4 is 22.4 Å². The minimum absolute atomic E-state index is 0.0537. The van der Waals surface area contributed by atoms with Crippen molar-refractivity contribution in [1.82, 2.24) is 14.8 Å². The Morgan fingerprint density at radius 3 is 3.00 bits per heavy atom. The summed E-state index contributed by atoms with van der Waals surface area (Å²) in [6, 6.07) is 7.86. The summed E-state index contributed by atoms with van der Waals surface area (Å²) in [6.45, 7) is 4.53. The van der Waals surface area contributed by atoms with Crippen molar-refractivity contribution < 1.29 is 4.79 Å². The van der Waals surface area contributed by atoms with Crippen LogP contribution in [0, 0.1) is 0 Å². The summed E-state index contributed by atoms with van der Waals surface area (Å²) in [6.07, 6.45) is 4.71. The highest BCUT2D eigenvalue weighted by Gasteiger charge is 2.15. The minimum Gasteiger partial charge on any atom is -0.325 e. The quantitative estimate of drug-likeness (QED) is 0.939. The van der Waals surface area contributed by atoms with Gasteiger partial charge in [-0.3, -0.25) is 14.7 Å². The highest BCUT2D eigenvalue weighted by molar-refractivity contribution is 5.95. The fourth-order valence-electron chi connectivity index (χ4n) is 2.82. The van der Waals surface area contributed by atoms with Gasteiger partial charge >= 0.3 is 0 Å². The van der Waals surface area contributed by atoms with Crippen LogP contribution >= 0.6 is 0 Å². The molecule has 0 atom stereocenters. The Morgan fingerprint density at radius 1 is 1.18 bits per heavy atom. The van der Waals surface area contributed by atoms with Gasteiger partial charge in [0.25, 0.3) is 0 Å². The second-order valence-corrected chi connectivity index (χ2v) is 5.92. The van der Waals surface area contributed by atoms with Crippen molar-refractivity contribution in [3.05, 3.63) is 36.7 Å². The second-order valence-electron chi connectivity index (χ2n) is 5.92. The standard InChI is InChI=1S/C17H22N4O/c1-20-7-2-8-21(10-9-20)13-17(22)19-16-4-3-15-12-18-6-5-14(15)11-16/h3-6,11-12H,2,7-10,13H2,1H3,(H,19,22).